The Morgan fingerprint density at radius 3 is 2.49 bits per heavy atom. The molecule has 9 heteroatoms. The number of esters is 1. The Hall–Kier alpha value is -3.75. The van der Waals surface area contributed by atoms with E-state index in [9.17, 15) is 18.0 Å². The molecule has 0 radical (unpaired) electrons. The van der Waals surface area contributed by atoms with Gasteiger partial charge in [0, 0.05) is 49.3 Å². The van der Waals surface area contributed by atoms with Gasteiger partial charge in [-0.05, 0) is 48.9 Å². The van der Waals surface area contributed by atoms with Gasteiger partial charge in [0.25, 0.3) is 0 Å². The molecule has 6 nitrogen and oxygen atoms in total. The average molecular weight is 486 g/mol. The van der Waals surface area contributed by atoms with Gasteiger partial charge in [-0.2, -0.15) is 18.3 Å². The van der Waals surface area contributed by atoms with Gasteiger partial charge in [-0.15, -0.1) is 0 Å². The van der Waals surface area contributed by atoms with Crippen LogP contribution in [0.25, 0.3) is 16.6 Å². The summed E-state index contributed by atoms with van der Waals surface area (Å²) in [5, 5.41) is 5.46. The second-order valence-corrected chi connectivity index (χ2v) is 8.60. The fourth-order valence-corrected chi connectivity index (χ4v) is 4.04. The minimum atomic E-state index is -4.37. The average Bonchev–Trinajstić information content (AvgIpc) is 3.35. The lowest BCUT2D eigenvalue weighted by molar-refractivity contribution is -0.142. The number of alkyl halides is 3. The molecule has 184 valence electrons. The van der Waals surface area contributed by atoms with Gasteiger partial charge in [-0.3, -0.25) is 4.79 Å². The maximum Gasteiger partial charge on any atom is 0.416 e. The molecule has 0 fully saturated rings. The van der Waals surface area contributed by atoms with Gasteiger partial charge in [0.15, 0.2) is 0 Å². The first-order valence-electron chi connectivity index (χ1n) is 11.1. The number of carbonyl (C=O) groups excluding carboxylic acids is 1. The van der Waals surface area contributed by atoms with Gasteiger partial charge in [-0.1, -0.05) is 6.92 Å². The molecule has 2 heterocycles. The maximum absolute atomic E-state index is 12.8. The molecule has 0 saturated heterocycles. The molecular weight excluding hydrogens is 459 g/mol. The lowest BCUT2D eigenvalue weighted by Crippen LogP contribution is -2.07. The minimum absolute atomic E-state index is 0.00170. The van der Waals surface area contributed by atoms with E-state index in [1.165, 1.54) is 19.1 Å². The van der Waals surface area contributed by atoms with Crippen LogP contribution in [0, 0.1) is 6.92 Å². The zero-order valence-corrected chi connectivity index (χ0v) is 19.9. The van der Waals surface area contributed by atoms with E-state index in [0.717, 1.165) is 39.9 Å². The highest BCUT2D eigenvalue weighted by atomic mass is 19.4. The second kappa shape index (κ2) is 9.48. The van der Waals surface area contributed by atoms with Crippen molar-refractivity contribution in [3.63, 3.8) is 0 Å². The zero-order chi connectivity index (χ0) is 25.3. The first-order valence-corrected chi connectivity index (χ1v) is 11.1. The monoisotopic (exact) mass is 485 g/mol. The van der Waals surface area contributed by atoms with Crippen LogP contribution in [-0.4, -0.2) is 26.9 Å². The van der Waals surface area contributed by atoms with E-state index in [2.05, 4.69) is 5.10 Å². The maximum atomic E-state index is 12.8. The summed E-state index contributed by atoms with van der Waals surface area (Å²) in [5.74, 6) is 0.382. The molecule has 0 aliphatic heterocycles. The molecule has 1 unspecified atom stereocenters. The quantitative estimate of drug-likeness (QED) is 0.304. The smallest absolute Gasteiger partial charge is 0.416 e. The van der Waals surface area contributed by atoms with Gasteiger partial charge in [0.05, 0.1) is 29.1 Å². The zero-order valence-electron chi connectivity index (χ0n) is 19.9. The molecule has 2 aromatic carbocycles. The number of hydrogen-bond donors (Lipinski definition) is 0. The standard InChI is InChI=1S/C26H26F3N3O3/c1-16(24-13-32(30-17(24)2)21-7-5-20(6-8-21)26(27,28)29)14-35-22-9-10-23-19(15-34-18(3)33)12-31(4)25(23)11-22/h5-13,16H,14-15H2,1-4H3. The van der Waals surface area contributed by atoms with Crippen molar-refractivity contribution in [2.75, 3.05) is 6.61 Å². The highest BCUT2D eigenvalue weighted by Gasteiger charge is 2.30. The van der Waals surface area contributed by atoms with Crippen molar-refractivity contribution in [3.05, 3.63) is 77.2 Å². The van der Waals surface area contributed by atoms with E-state index in [-0.39, 0.29) is 18.5 Å². The van der Waals surface area contributed by atoms with Crippen LogP contribution in [0.4, 0.5) is 13.2 Å². The molecule has 4 aromatic rings. The van der Waals surface area contributed by atoms with Crippen LogP contribution in [0.1, 0.15) is 42.1 Å². The Morgan fingerprint density at radius 2 is 1.83 bits per heavy atom. The molecule has 0 spiro atoms. The van der Waals surface area contributed by atoms with Crippen LogP contribution >= 0.6 is 0 Å². The Morgan fingerprint density at radius 1 is 1.11 bits per heavy atom. The fourth-order valence-electron chi connectivity index (χ4n) is 4.04. The van der Waals surface area contributed by atoms with Gasteiger partial charge in [-0.25, -0.2) is 4.68 Å². The first-order chi connectivity index (χ1) is 16.5. The molecule has 0 aliphatic carbocycles. The second-order valence-electron chi connectivity index (χ2n) is 8.60. The van der Waals surface area contributed by atoms with Crippen LogP contribution in [0.5, 0.6) is 5.75 Å². The van der Waals surface area contributed by atoms with E-state index in [4.69, 9.17) is 9.47 Å². The molecule has 0 amide bonds. The van der Waals surface area contributed by atoms with E-state index < -0.39 is 11.7 Å². The molecule has 0 saturated carbocycles. The Kier molecular flexibility index (Phi) is 6.60. The van der Waals surface area contributed by atoms with E-state index >= 15 is 0 Å². The predicted octanol–water partition coefficient (Wildman–Crippen LogP) is 5.94. The summed E-state index contributed by atoms with van der Waals surface area (Å²) in [7, 11) is 1.92. The largest absolute Gasteiger partial charge is 0.493 e. The van der Waals surface area contributed by atoms with Crippen molar-refractivity contribution in [3.8, 4) is 11.4 Å². The molecule has 1 atom stereocenters. The number of benzene rings is 2. The number of aromatic nitrogens is 3. The third-order valence-electron chi connectivity index (χ3n) is 5.90. The molecule has 0 aliphatic rings. The minimum Gasteiger partial charge on any atom is -0.493 e. The predicted molar refractivity (Wildman–Crippen MR) is 126 cm³/mol. The normalized spacial score (nSPS) is 12.7. The van der Waals surface area contributed by atoms with E-state index in [1.54, 1.807) is 4.68 Å². The summed E-state index contributed by atoms with van der Waals surface area (Å²) in [6.07, 6.45) is -0.617. The number of fused-ring (bicyclic) bond motifs is 1. The Labute approximate surface area is 200 Å². The van der Waals surface area contributed by atoms with Gasteiger partial charge < -0.3 is 14.0 Å². The van der Waals surface area contributed by atoms with Crippen LogP contribution < -0.4 is 4.74 Å². The van der Waals surface area contributed by atoms with Crippen molar-refractivity contribution in [2.45, 2.75) is 39.5 Å². The number of rotatable bonds is 7. The molecule has 35 heavy (non-hydrogen) atoms. The van der Waals surface area contributed by atoms with Crippen molar-refractivity contribution in [1.82, 2.24) is 14.3 Å². The highest BCUT2D eigenvalue weighted by Crippen LogP contribution is 2.30. The van der Waals surface area contributed by atoms with Crippen molar-refractivity contribution >= 4 is 16.9 Å². The van der Waals surface area contributed by atoms with Gasteiger partial charge in [0.1, 0.15) is 12.4 Å². The van der Waals surface area contributed by atoms with Crippen LogP contribution in [0.3, 0.4) is 0 Å². The number of carbonyl (C=O) groups is 1. The Bertz CT molecular complexity index is 1350. The van der Waals surface area contributed by atoms with Crippen LogP contribution in [-0.2, 0) is 29.4 Å². The van der Waals surface area contributed by atoms with Gasteiger partial charge in [0.2, 0.25) is 0 Å². The Balaban J connectivity index is 1.46. The number of ether oxygens (including phenoxy) is 2. The van der Waals surface area contributed by atoms with Gasteiger partial charge >= 0.3 is 12.1 Å². The van der Waals surface area contributed by atoms with Crippen molar-refractivity contribution < 1.29 is 27.4 Å². The summed E-state index contributed by atoms with van der Waals surface area (Å²) < 4.78 is 53.2. The van der Waals surface area contributed by atoms with Crippen LogP contribution in [0.15, 0.2) is 54.9 Å². The molecular formula is C26H26F3N3O3. The van der Waals surface area contributed by atoms with E-state index in [0.29, 0.717) is 18.0 Å². The number of hydrogen-bond acceptors (Lipinski definition) is 4. The SMILES string of the molecule is CC(=O)OCc1cn(C)c2cc(OCC(C)c3cn(-c4ccc(C(F)(F)F)cc4)nc3C)ccc12. The number of halogens is 3. The number of nitrogens with zero attached hydrogens (tertiary/aromatic N) is 3. The number of aryl methyl sites for hydroxylation is 2. The van der Waals surface area contributed by atoms with Crippen molar-refractivity contribution in [1.29, 1.82) is 0 Å². The topological polar surface area (TPSA) is 58.3 Å². The summed E-state index contributed by atoms with van der Waals surface area (Å²) in [5.41, 5.74) is 3.48. The third kappa shape index (κ3) is 5.34. The third-order valence-corrected chi connectivity index (χ3v) is 5.90. The summed E-state index contributed by atoms with van der Waals surface area (Å²) in [6, 6.07) is 10.7. The van der Waals surface area contributed by atoms with E-state index in [1.807, 2.05) is 56.1 Å². The highest BCUT2D eigenvalue weighted by molar-refractivity contribution is 5.85. The lowest BCUT2D eigenvalue weighted by Gasteiger charge is -2.13. The summed E-state index contributed by atoms with van der Waals surface area (Å²) in [4.78, 5) is 11.1. The van der Waals surface area contributed by atoms with Crippen molar-refractivity contribution in [2.24, 2.45) is 7.05 Å². The molecule has 0 N–H and O–H groups in total. The van der Waals surface area contributed by atoms with Crippen LogP contribution in [0.2, 0.25) is 0 Å². The first kappa shape index (κ1) is 24.4. The molecule has 0 bridgehead atoms. The summed E-state index contributed by atoms with van der Waals surface area (Å²) in [6.45, 7) is 5.88. The molecule has 4 rings (SSSR count). The summed E-state index contributed by atoms with van der Waals surface area (Å²) >= 11 is 0. The lowest BCUT2D eigenvalue weighted by atomic mass is 10.0. The molecule has 2 aromatic heterocycles. The fraction of sp³-hybridized carbons (Fsp3) is 0.308.